The van der Waals surface area contributed by atoms with Crippen molar-refractivity contribution in [1.29, 1.82) is 0 Å². The lowest BCUT2D eigenvalue weighted by Crippen LogP contribution is -2.39. The molecule has 0 saturated heterocycles. The second-order valence-corrected chi connectivity index (χ2v) is 3.17. The fraction of sp³-hybridized carbons (Fsp3) is 0.182. The van der Waals surface area contributed by atoms with Gasteiger partial charge in [0.25, 0.3) is 5.91 Å². The van der Waals surface area contributed by atoms with Crippen LogP contribution in [-0.4, -0.2) is 34.3 Å². The molecule has 0 unspecified atom stereocenters. The number of aliphatic carboxylic acids is 1. The summed E-state index contributed by atoms with van der Waals surface area (Å²) in [6.45, 7) is 0.535. The topological polar surface area (TPSA) is 74.7 Å². The van der Waals surface area contributed by atoms with E-state index in [2.05, 4.69) is 0 Å². The molecular weight excluding hydrogens is 210 g/mol. The van der Waals surface area contributed by atoms with E-state index < -0.39 is 24.3 Å². The van der Waals surface area contributed by atoms with E-state index in [0.717, 1.165) is 6.92 Å². The van der Waals surface area contributed by atoms with Crippen molar-refractivity contribution in [3.05, 3.63) is 35.9 Å². The highest BCUT2D eigenvalue weighted by Crippen LogP contribution is 2.04. The lowest BCUT2D eigenvalue weighted by atomic mass is 10.2. The van der Waals surface area contributed by atoms with Gasteiger partial charge in [0.15, 0.2) is 0 Å². The zero-order valence-electron chi connectivity index (χ0n) is 8.71. The zero-order valence-corrected chi connectivity index (χ0v) is 8.71. The number of rotatable bonds is 3. The van der Waals surface area contributed by atoms with Gasteiger partial charge in [-0.3, -0.25) is 19.3 Å². The van der Waals surface area contributed by atoms with Gasteiger partial charge < -0.3 is 5.11 Å². The molecule has 0 heterocycles. The van der Waals surface area contributed by atoms with Gasteiger partial charge in [-0.15, -0.1) is 0 Å². The normalized spacial score (nSPS) is 9.56. The van der Waals surface area contributed by atoms with E-state index in [-0.39, 0.29) is 0 Å². The molecule has 0 aliphatic heterocycles. The van der Waals surface area contributed by atoms with Crippen molar-refractivity contribution in [1.82, 2.24) is 4.90 Å². The number of hydrogen-bond acceptors (Lipinski definition) is 3. The minimum absolute atomic E-state index is 0.291. The third-order valence-electron chi connectivity index (χ3n) is 1.94. The largest absolute Gasteiger partial charge is 0.480 e. The van der Waals surface area contributed by atoms with E-state index in [1.165, 1.54) is 12.1 Å². The Hall–Kier alpha value is -2.17. The van der Waals surface area contributed by atoms with Gasteiger partial charge in [0.05, 0.1) is 0 Å². The van der Waals surface area contributed by atoms with E-state index in [1.807, 2.05) is 0 Å². The van der Waals surface area contributed by atoms with Crippen LogP contribution in [0, 0.1) is 0 Å². The summed E-state index contributed by atoms with van der Waals surface area (Å²) in [6.07, 6.45) is 0. The number of hydrogen-bond donors (Lipinski definition) is 1. The molecule has 5 heteroatoms. The zero-order chi connectivity index (χ0) is 12.1. The summed E-state index contributed by atoms with van der Waals surface area (Å²) in [4.78, 5) is 34.1. The molecule has 1 rings (SSSR count). The van der Waals surface area contributed by atoms with Gasteiger partial charge in [0.1, 0.15) is 6.54 Å². The molecule has 0 aliphatic rings. The first kappa shape index (κ1) is 11.9. The van der Waals surface area contributed by atoms with E-state index >= 15 is 0 Å². The molecule has 0 fully saturated rings. The summed E-state index contributed by atoms with van der Waals surface area (Å²) in [5.74, 6) is -2.41. The summed E-state index contributed by atoms with van der Waals surface area (Å²) in [5, 5.41) is 8.58. The van der Waals surface area contributed by atoms with Crippen LogP contribution in [0.2, 0.25) is 0 Å². The molecule has 0 spiro atoms. The Morgan fingerprint density at radius 2 is 1.75 bits per heavy atom. The molecule has 0 radical (unpaired) electrons. The Morgan fingerprint density at radius 1 is 1.19 bits per heavy atom. The molecule has 0 saturated carbocycles. The van der Waals surface area contributed by atoms with Crippen LogP contribution in [0.25, 0.3) is 0 Å². The second kappa shape index (κ2) is 5.06. The molecule has 1 aromatic carbocycles. The second-order valence-electron chi connectivity index (χ2n) is 3.17. The van der Waals surface area contributed by atoms with Gasteiger partial charge in [-0.1, -0.05) is 18.2 Å². The highest BCUT2D eigenvalue weighted by atomic mass is 16.4. The van der Waals surface area contributed by atoms with Gasteiger partial charge in [0.2, 0.25) is 5.91 Å². The number of carboxylic acids is 1. The quantitative estimate of drug-likeness (QED) is 0.817. The first-order valence-corrected chi connectivity index (χ1v) is 4.61. The molecule has 1 N–H and O–H groups in total. The maximum atomic E-state index is 11.8. The van der Waals surface area contributed by atoms with E-state index in [0.29, 0.717) is 10.5 Å². The van der Waals surface area contributed by atoms with Crippen LogP contribution in [0.3, 0.4) is 0 Å². The minimum atomic E-state index is -1.22. The molecule has 0 atom stereocenters. The Bertz CT molecular complexity index is 413. The maximum absolute atomic E-state index is 11.8. The van der Waals surface area contributed by atoms with Crippen LogP contribution in [0.15, 0.2) is 30.3 Å². The van der Waals surface area contributed by atoms with Gasteiger partial charge in [-0.25, -0.2) is 0 Å². The SMILES string of the molecule is CC(=O)N(CC(=O)O)C(=O)c1ccccc1. The Kier molecular flexibility index (Phi) is 3.77. The van der Waals surface area contributed by atoms with Crippen LogP contribution in [0.1, 0.15) is 17.3 Å². The average molecular weight is 221 g/mol. The molecule has 2 amide bonds. The number of benzene rings is 1. The number of imide groups is 1. The van der Waals surface area contributed by atoms with Crippen molar-refractivity contribution in [3.63, 3.8) is 0 Å². The lowest BCUT2D eigenvalue weighted by Gasteiger charge is -2.16. The molecule has 84 valence electrons. The maximum Gasteiger partial charge on any atom is 0.323 e. The van der Waals surface area contributed by atoms with Crippen LogP contribution in [0.4, 0.5) is 0 Å². The molecule has 0 aliphatic carbocycles. The van der Waals surface area contributed by atoms with Crippen molar-refractivity contribution >= 4 is 17.8 Å². The summed E-state index contributed by atoms with van der Waals surface area (Å²) in [7, 11) is 0. The number of carbonyl (C=O) groups excluding carboxylic acids is 2. The summed E-state index contributed by atoms with van der Waals surface area (Å²) in [5.41, 5.74) is 0.291. The fourth-order valence-corrected chi connectivity index (χ4v) is 1.20. The first-order valence-electron chi connectivity index (χ1n) is 4.61. The highest BCUT2D eigenvalue weighted by molar-refractivity contribution is 6.05. The van der Waals surface area contributed by atoms with E-state index in [4.69, 9.17) is 5.11 Å². The van der Waals surface area contributed by atoms with Crippen molar-refractivity contribution in [2.75, 3.05) is 6.54 Å². The third kappa shape index (κ3) is 2.91. The average Bonchev–Trinajstić information content (AvgIpc) is 2.25. The summed E-state index contributed by atoms with van der Waals surface area (Å²) >= 11 is 0. The predicted octanol–water partition coefficient (Wildman–Crippen LogP) is 0.760. The Labute approximate surface area is 92.3 Å². The molecule has 0 bridgehead atoms. The minimum Gasteiger partial charge on any atom is -0.480 e. The summed E-state index contributed by atoms with van der Waals surface area (Å²) in [6, 6.07) is 8.07. The van der Waals surface area contributed by atoms with Crippen molar-refractivity contribution in [2.45, 2.75) is 6.92 Å². The van der Waals surface area contributed by atoms with E-state index in [1.54, 1.807) is 18.2 Å². The van der Waals surface area contributed by atoms with Gasteiger partial charge in [-0.2, -0.15) is 0 Å². The fourth-order valence-electron chi connectivity index (χ4n) is 1.20. The monoisotopic (exact) mass is 221 g/mol. The molecule has 0 aromatic heterocycles. The number of nitrogens with zero attached hydrogens (tertiary/aromatic N) is 1. The van der Waals surface area contributed by atoms with Gasteiger partial charge >= 0.3 is 5.97 Å². The van der Waals surface area contributed by atoms with Crippen molar-refractivity contribution in [2.24, 2.45) is 0 Å². The molecule has 16 heavy (non-hydrogen) atoms. The first-order chi connectivity index (χ1) is 7.52. The van der Waals surface area contributed by atoms with Crippen LogP contribution >= 0.6 is 0 Å². The van der Waals surface area contributed by atoms with Crippen molar-refractivity contribution in [3.8, 4) is 0 Å². The van der Waals surface area contributed by atoms with Crippen LogP contribution < -0.4 is 0 Å². The number of amides is 2. The lowest BCUT2D eigenvalue weighted by molar-refractivity contribution is -0.142. The predicted molar refractivity (Wildman–Crippen MR) is 55.8 cm³/mol. The van der Waals surface area contributed by atoms with Crippen molar-refractivity contribution < 1.29 is 19.5 Å². The smallest absolute Gasteiger partial charge is 0.323 e. The van der Waals surface area contributed by atoms with Crippen LogP contribution in [-0.2, 0) is 9.59 Å². The highest BCUT2D eigenvalue weighted by Gasteiger charge is 2.21. The molecule has 5 nitrogen and oxygen atoms in total. The third-order valence-corrected chi connectivity index (χ3v) is 1.94. The molecular formula is C11H11NO4. The standard InChI is InChI=1S/C11H11NO4/c1-8(13)12(7-10(14)15)11(16)9-5-3-2-4-6-9/h2-6H,7H2,1H3,(H,14,15). The van der Waals surface area contributed by atoms with Crippen LogP contribution in [0.5, 0.6) is 0 Å². The van der Waals surface area contributed by atoms with Gasteiger partial charge in [0, 0.05) is 12.5 Å². The number of carbonyl (C=O) groups is 3. The Balaban J connectivity index is 2.92. The van der Waals surface area contributed by atoms with Gasteiger partial charge in [-0.05, 0) is 12.1 Å². The Morgan fingerprint density at radius 3 is 2.19 bits per heavy atom. The number of carboxylic acid groups (broad SMARTS) is 1. The molecule has 1 aromatic rings. The summed E-state index contributed by atoms with van der Waals surface area (Å²) < 4.78 is 0. The van der Waals surface area contributed by atoms with E-state index in [9.17, 15) is 14.4 Å².